The summed E-state index contributed by atoms with van der Waals surface area (Å²) in [5, 5.41) is 154. The molecule has 10 aliphatic rings. The summed E-state index contributed by atoms with van der Waals surface area (Å²) >= 11 is 0. The molecule has 0 aromatic heterocycles. The van der Waals surface area contributed by atoms with Gasteiger partial charge < -0.3 is 119 Å². The Labute approximate surface area is 428 Å². The summed E-state index contributed by atoms with van der Waals surface area (Å²) in [4.78, 5) is 0. The molecule has 3 saturated carbocycles. The summed E-state index contributed by atoms with van der Waals surface area (Å²) < 4.78 is 60.8. The zero-order chi connectivity index (χ0) is 53.1. The molecule has 9 fully saturated rings. The lowest BCUT2D eigenvalue weighted by Crippen LogP contribution is -2.68. The molecule has 6 heterocycles. The van der Waals surface area contributed by atoms with Gasteiger partial charge >= 0.3 is 0 Å². The van der Waals surface area contributed by atoms with Crippen LogP contribution in [0.2, 0.25) is 0 Å². The summed E-state index contributed by atoms with van der Waals surface area (Å²) in [6, 6.07) is 0. The fourth-order valence-corrected chi connectivity index (χ4v) is 15.3. The van der Waals surface area contributed by atoms with Crippen LogP contribution in [0.3, 0.4) is 0 Å². The number of allylic oxidation sites excluding steroid dienone is 1. The number of aliphatic hydroxyl groups is 14. The van der Waals surface area contributed by atoms with Crippen molar-refractivity contribution < 1.29 is 119 Å². The number of rotatable bonds is 11. The van der Waals surface area contributed by atoms with E-state index in [1.54, 1.807) is 0 Å². The molecule has 1 spiro atoms. The van der Waals surface area contributed by atoms with Crippen LogP contribution in [0.25, 0.3) is 0 Å². The van der Waals surface area contributed by atoms with Gasteiger partial charge in [0.15, 0.2) is 30.9 Å². The molecule has 6 saturated heterocycles. The Morgan fingerprint density at radius 3 is 1.92 bits per heavy atom. The Kier molecular flexibility index (Phi) is 16.2. The minimum Gasteiger partial charge on any atom is -0.394 e. The van der Waals surface area contributed by atoms with E-state index in [2.05, 4.69) is 33.8 Å². The summed E-state index contributed by atoms with van der Waals surface area (Å²) in [6.45, 7) is 6.34. The predicted molar refractivity (Wildman–Crippen MR) is 245 cm³/mol. The average molecular weight is 1070 g/mol. The Hall–Kier alpha value is -1.22. The Balaban J connectivity index is 0.883. The first-order valence-electron chi connectivity index (χ1n) is 26.6. The van der Waals surface area contributed by atoms with E-state index in [-0.39, 0.29) is 48.5 Å². The van der Waals surface area contributed by atoms with E-state index in [1.165, 1.54) is 0 Å². The van der Waals surface area contributed by atoms with Gasteiger partial charge in [0, 0.05) is 23.7 Å². The van der Waals surface area contributed by atoms with Gasteiger partial charge in [-0.3, -0.25) is 0 Å². The van der Waals surface area contributed by atoms with Crippen LogP contribution in [0.1, 0.15) is 72.6 Å². The third-order valence-corrected chi connectivity index (χ3v) is 19.6. The molecule has 4 aliphatic carbocycles. The number of hydrogen-bond acceptors (Lipinski definition) is 24. The van der Waals surface area contributed by atoms with Gasteiger partial charge in [0.05, 0.1) is 57.5 Å². The van der Waals surface area contributed by atoms with Gasteiger partial charge in [-0.2, -0.15) is 0 Å². The van der Waals surface area contributed by atoms with E-state index in [4.69, 9.17) is 47.4 Å². The highest BCUT2D eigenvalue weighted by Gasteiger charge is 2.71. The number of fused-ring (bicyclic) bond motifs is 7. The first-order valence-corrected chi connectivity index (χ1v) is 26.6. The molecule has 0 radical (unpaired) electrons. The molecule has 24 heteroatoms. The molecule has 0 bridgehead atoms. The summed E-state index contributed by atoms with van der Waals surface area (Å²) in [7, 11) is 0. The minimum atomic E-state index is -2.01. The van der Waals surface area contributed by atoms with Crippen molar-refractivity contribution in [2.45, 2.75) is 220 Å². The lowest BCUT2D eigenvalue weighted by atomic mass is 9.46. The van der Waals surface area contributed by atoms with Crippen molar-refractivity contribution in [3.63, 3.8) is 0 Å². The molecule has 32 unspecified atom stereocenters. The lowest BCUT2D eigenvalue weighted by molar-refractivity contribution is -0.397. The van der Waals surface area contributed by atoms with Crippen LogP contribution >= 0.6 is 0 Å². The van der Waals surface area contributed by atoms with Crippen molar-refractivity contribution in [2.75, 3.05) is 33.0 Å². The van der Waals surface area contributed by atoms with Crippen LogP contribution in [0.4, 0.5) is 0 Å². The molecule has 74 heavy (non-hydrogen) atoms. The third kappa shape index (κ3) is 9.27. The third-order valence-electron chi connectivity index (χ3n) is 19.6. The second-order valence-electron chi connectivity index (χ2n) is 23.7. The summed E-state index contributed by atoms with van der Waals surface area (Å²) in [5.74, 6) is 0.378. The topological polar surface area (TPSA) is 376 Å². The molecule has 0 aromatic rings. The fourth-order valence-electron chi connectivity index (χ4n) is 15.3. The molecular weight excluding hydrogens is 985 g/mol. The lowest BCUT2D eigenvalue weighted by Gasteiger charge is -2.60. The van der Waals surface area contributed by atoms with E-state index in [0.29, 0.717) is 18.9 Å². The Morgan fingerprint density at radius 1 is 0.608 bits per heavy atom. The van der Waals surface area contributed by atoms with Gasteiger partial charge in [-0.1, -0.05) is 39.3 Å². The van der Waals surface area contributed by atoms with Gasteiger partial charge in [-0.05, 0) is 67.6 Å². The highest BCUT2D eigenvalue weighted by atomic mass is 16.8. The number of aliphatic hydroxyl groups excluding tert-OH is 14. The second-order valence-corrected chi connectivity index (χ2v) is 23.7. The van der Waals surface area contributed by atoms with E-state index in [0.717, 1.165) is 31.3 Å². The van der Waals surface area contributed by atoms with Gasteiger partial charge in [-0.15, -0.1) is 0 Å². The molecule has 0 aromatic carbocycles. The van der Waals surface area contributed by atoms with Crippen molar-refractivity contribution in [1.82, 2.24) is 0 Å². The zero-order valence-electron chi connectivity index (χ0n) is 42.1. The van der Waals surface area contributed by atoms with Crippen LogP contribution in [-0.4, -0.2) is 251 Å². The summed E-state index contributed by atoms with van der Waals surface area (Å²) in [5.41, 5.74) is 0.0231. The SMILES string of the molecule is CC1CCC2(OC1)OC1CC3C4CC=C5CC(OC6OC(CO)C(OC7OC(CO)C(O)C(OC8OCC(O)C(O)C8O)C7O)C(O)C6OC6OC(CO)C(O)C(O)C6O)C(O)CC5(C)C4CC(O)C3(C)C1C2C. The first kappa shape index (κ1) is 56.1. The van der Waals surface area contributed by atoms with Crippen molar-refractivity contribution in [1.29, 1.82) is 0 Å². The van der Waals surface area contributed by atoms with Crippen molar-refractivity contribution in [2.24, 2.45) is 46.3 Å². The second kappa shape index (κ2) is 21.4. The maximum atomic E-state index is 12.4. The molecule has 0 amide bonds. The monoisotopic (exact) mass is 1060 g/mol. The van der Waals surface area contributed by atoms with E-state index in [9.17, 15) is 71.5 Å². The standard InChI is InChI=1S/C50H80O24/c1-18-7-8-50(66-16-18)19(2)32-27(74-50)10-23-21-6-5-20-9-26(24(54)12-48(20,3)22(21)11-31(56)49(23,32)4)67-47-43(73-45-38(62)36(60)34(58)28(13-51)68-45)39(63)41(30(15-53)70-47)71-46-40(64)42(35(59)29(14-52)69-46)72-44-37(61)33(57)25(55)17-65-44/h5,18-19,21-47,51-64H,6-17H2,1-4H3. The van der Waals surface area contributed by atoms with Gasteiger partial charge in [0.2, 0.25) is 0 Å². The molecule has 424 valence electrons. The van der Waals surface area contributed by atoms with Crippen molar-refractivity contribution in [3.8, 4) is 0 Å². The van der Waals surface area contributed by atoms with Crippen LogP contribution < -0.4 is 0 Å². The van der Waals surface area contributed by atoms with Crippen LogP contribution in [0.5, 0.6) is 0 Å². The quantitative estimate of drug-likeness (QED) is 0.0869. The molecule has 14 N–H and O–H groups in total. The van der Waals surface area contributed by atoms with Crippen LogP contribution in [0.15, 0.2) is 11.6 Å². The maximum Gasteiger partial charge on any atom is 0.187 e. The smallest absolute Gasteiger partial charge is 0.187 e. The van der Waals surface area contributed by atoms with Crippen LogP contribution in [-0.2, 0) is 47.4 Å². The largest absolute Gasteiger partial charge is 0.394 e. The molecule has 24 nitrogen and oxygen atoms in total. The van der Waals surface area contributed by atoms with E-state index in [1.807, 2.05) is 0 Å². The predicted octanol–water partition coefficient (Wildman–Crippen LogP) is -4.41. The Bertz CT molecular complexity index is 1960. The Morgan fingerprint density at radius 2 is 1.24 bits per heavy atom. The molecule has 32 atom stereocenters. The summed E-state index contributed by atoms with van der Waals surface area (Å²) in [6.07, 6.45) is -30.0. The van der Waals surface area contributed by atoms with Crippen molar-refractivity contribution >= 4 is 0 Å². The van der Waals surface area contributed by atoms with Crippen LogP contribution in [0, 0.1) is 46.3 Å². The molecular formula is C50H80O24. The molecule has 6 aliphatic heterocycles. The van der Waals surface area contributed by atoms with Gasteiger partial charge in [0.1, 0.15) is 91.6 Å². The highest BCUT2D eigenvalue weighted by Crippen LogP contribution is 2.71. The average Bonchev–Trinajstić information content (AvgIpc) is 3.87. The highest BCUT2D eigenvalue weighted by molar-refractivity contribution is 5.28. The number of ether oxygens (including phenoxy) is 10. The van der Waals surface area contributed by atoms with Crippen molar-refractivity contribution in [3.05, 3.63) is 11.6 Å². The van der Waals surface area contributed by atoms with Gasteiger partial charge in [0.25, 0.3) is 0 Å². The molecule has 10 rings (SSSR count). The first-order chi connectivity index (χ1) is 35.1. The van der Waals surface area contributed by atoms with Gasteiger partial charge in [-0.25, -0.2) is 0 Å². The normalized spacial score (nSPS) is 57.5. The van der Waals surface area contributed by atoms with E-state index >= 15 is 0 Å². The van der Waals surface area contributed by atoms with E-state index < -0.39 is 178 Å². The fraction of sp³-hybridized carbons (Fsp3) is 0.960. The minimum absolute atomic E-state index is 0.00129. The zero-order valence-corrected chi connectivity index (χ0v) is 42.1. The number of hydrogen-bond donors (Lipinski definition) is 14. The maximum absolute atomic E-state index is 12.4.